The summed E-state index contributed by atoms with van der Waals surface area (Å²) in [5.41, 5.74) is 7.24. The van der Waals surface area contributed by atoms with Gasteiger partial charge in [-0.2, -0.15) is 0 Å². The third-order valence-corrected chi connectivity index (χ3v) is 3.82. The second-order valence-corrected chi connectivity index (χ2v) is 6.04. The number of benzene rings is 2. The molecule has 0 atom stereocenters. The number of nitrogens with two attached hydrogens (primary N) is 1. The molecule has 0 aliphatic heterocycles. The van der Waals surface area contributed by atoms with E-state index in [1.807, 2.05) is 0 Å². The fourth-order valence-electron chi connectivity index (χ4n) is 2.39. The molecule has 2 aromatic carbocycles. The molecule has 0 aromatic heterocycles. The number of hydrogen-bond donors (Lipinski definition) is 4. The van der Waals surface area contributed by atoms with Gasteiger partial charge in [0.15, 0.2) is 0 Å². The molecular formula is C20H24N4O3. The Morgan fingerprint density at radius 1 is 0.963 bits per heavy atom. The fourth-order valence-corrected chi connectivity index (χ4v) is 2.39. The molecule has 142 valence electrons. The van der Waals surface area contributed by atoms with E-state index in [-0.39, 0.29) is 18.4 Å². The Balaban J connectivity index is 1.89. The molecule has 7 heteroatoms. The van der Waals surface area contributed by atoms with Gasteiger partial charge in [-0.25, -0.2) is 0 Å². The van der Waals surface area contributed by atoms with Crippen molar-refractivity contribution in [1.82, 2.24) is 5.32 Å². The molecule has 0 spiro atoms. The molecule has 0 bridgehead atoms. The van der Waals surface area contributed by atoms with E-state index in [1.54, 1.807) is 42.5 Å². The van der Waals surface area contributed by atoms with Crippen LogP contribution in [0.15, 0.2) is 48.5 Å². The van der Waals surface area contributed by atoms with Crippen molar-refractivity contribution in [2.75, 3.05) is 23.7 Å². The van der Waals surface area contributed by atoms with Crippen LogP contribution in [-0.4, -0.2) is 30.8 Å². The van der Waals surface area contributed by atoms with Gasteiger partial charge in [-0.05, 0) is 42.8 Å². The van der Waals surface area contributed by atoms with Crippen molar-refractivity contribution in [1.29, 1.82) is 0 Å². The van der Waals surface area contributed by atoms with Crippen LogP contribution in [0.1, 0.15) is 40.5 Å². The molecule has 0 aliphatic rings. The SMILES string of the molecule is CCCCNC(=O)c1cccc(NCC(=O)Nc2cccc(C(N)=O)c2)c1. The maximum atomic E-state index is 12.1. The summed E-state index contributed by atoms with van der Waals surface area (Å²) < 4.78 is 0. The molecule has 2 aromatic rings. The zero-order valence-corrected chi connectivity index (χ0v) is 15.2. The number of rotatable bonds is 9. The molecule has 0 saturated heterocycles. The van der Waals surface area contributed by atoms with Gasteiger partial charge in [0.2, 0.25) is 11.8 Å². The van der Waals surface area contributed by atoms with Gasteiger partial charge in [0.05, 0.1) is 6.54 Å². The van der Waals surface area contributed by atoms with Crippen molar-refractivity contribution in [2.45, 2.75) is 19.8 Å². The molecule has 0 saturated carbocycles. The lowest BCUT2D eigenvalue weighted by atomic mass is 10.2. The van der Waals surface area contributed by atoms with Gasteiger partial charge in [-0.1, -0.05) is 25.5 Å². The smallest absolute Gasteiger partial charge is 0.251 e. The minimum Gasteiger partial charge on any atom is -0.376 e. The molecular weight excluding hydrogens is 344 g/mol. The van der Waals surface area contributed by atoms with Crippen LogP contribution >= 0.6 is 0 Å². The molecule has 3 amide bonds. The molecule has 5 N–H and O–H groups in total. The Labute approximate surface area is 158 Å². The van der Waals surface area contributed by atoms with Crippen molar-refractivity contribution in [3.05, 3.63) is 59.7 Å². The lowest BCUT2D eigenvalue weighted by molar-refractivity contribution is -0.114. The van der Waals surface area contributed by atoms with Crippen LogP contribution in [0.3, 0.4) is 0 Å². The van der Waals surface area contributed by atoms with E-state index in [2.05, 4.69) is 22.9 Å². The standard InChI is InChI=1S/C20H24N4O3/c1-2-3-10-22-20(27)15-7-5-8-16(12-15)23-13-18(25)24-17-9-4-6-14(11-17)19(21)26/h4-9,11-12,23H,2-3,10,13H2,1H3,(H2,21,26)(H,22,27)(H,24,25). The Kier molecular flexibility index (Phi) is 7.37. The Morgan fingerprint density at radius 3 is 2.33 bits per heavy atom. The molecule has 0 heterocycles. The monoisotopic (exact) mass is 368 g/mol. The first kappa shape index (κ1) is 20.0. The number of carbonyl (C=O) groups is 3. The molecule has 0 radical (unpaired) electrons. The fraction of sp³-hybridized carbons (Fsp3) is 0.250. The second kappa shape index (κ2) is 9.96. The van der Waals surface area contributed by atoms with Gasteiger partial charge in [0.25, 0.3) is 5.91 Å². The van der Waals surface area contributed by atoms with Crippen LogP contribution in [0.25, 0.3) is 0 Å². The lowest BCUT2D eigenvalue weighted by Gasteiger charge is -2.10. The summed E-state index contributed by atoms with van der Waals surface area (Å²) in [6.07, 6.45) is 1.94. The minimum absolute atomic E-state index is 0.0156. The first-order chi connectivity index (χ1) is 13.0. The number of unbranched alkanes of at least 4 members (excludes halogenated alkanes) is 1. The summed E-state index contributed by atoms with van der Waals surface area (Å²) >= 11 is 0. The van der Waals surface area contributed by atoms with Crippen LogP contribution in [0.5, 0.6) is 0 Å². The first-order valence-corrected chi connectivity index (χ1v) is 8.81. The number of hydrogen-bond acceptors (Lipinski definition) is 4. The van der Waals surface area contributed by atoms with Crippen LogP contribution in [0.4, 0.5) is 11.4 Å². The van der Waals surface area contributed by atoms with E-state index >= 15 is 0 Å². The summed E-state index contributed by atoms with van der Waals surface area (Å²) in [6, 6.07) is 13.4. The minimum atomic E-state index is -0.557. The molecule has 7 nitrogen and oxygen atoms in total. The highest BCUT2D eigenvalue weighted by Gasteiger charge is 2.08. The molecule has 0 fully saturated rings. The summed E-state index contributed by atoms with van der Waals surface area (Å²) in [5.74, 6) is -0.979. The third-order valence-electron chi connectivity index (χ3n) is 3.82. The maximum absolute atomic E-state index is 12.1. The molecule has 27 heavy (non-hydrogen) atoms. The van der Waals surface area contributed by atoms with Crippen molar-refractivity contribution in [3.63, 3.8) is 0 Å². The van der Waals surface area contributed by atoms with E-state index in [1.165, 1.54) is 6.07 Å². The number of amides is 3. The van der Waals surface area contributed by atoms with Crippen molar-refractivity contribution >= 4 is 29.1 Å². The van der Waals surface area contributed by atoms with Gasteiger partial charge in [-0.15, -0.1) is 0 Å². The number of primary amides is 1. The van der Waals surface area contributed by atoms with E-state index < -0.39 is 5.91 Å². The summed E-state index contributed by atoms with van der Waals surface area (Å²) in [7, 11) is 0. The van der Waals surface area contributed by atoms with Gasteiger partial charge >= 0.3 is 0 Å². The molecule has 0 unspecified atom stereocenters. The second-order valence-electron chi connectivity index (χ2n) is 6.04. The van der Waals surface area contributed by atoms with Crippen molar-refractivity contribution in [2.24, 2.45) is 5.73 Å². The van der Waals surface area contributed by atoms with Crippen LogP contribution in [-0.2, 0) is 4.79 Å². The van der Waals surface area contributed by atoms with Gasteiger partial charge in [0.1, 0.15) is 0 Å². The zero-order chi connectivity index (χ0) is 19.6. The Morgan fingerprint density at radius 2 is 1.63 bits per heavy atom. The van der Waals surface area contributed by atoms with Crippen molar-refractivity contribution in [3.8, 4) is 0 Å². The predicted octanol–water partition coefficient (Wildman–Crippen LogP) is 2.37. The lowest BCUT2D eigenvalue weighted by Crippen LogP contribution is -2.25. The zero-order valence-electron chi connectivity index (χ0n) is 15.2. The quantitative estimate of drug-likeness (QED) is 0.509. The molecule has 2 rings (SSSR count). The summed E-state index contributed by atoms with van der Waals surface area (Å²) in [6.45, 7) is 2.72. The first-order valence-electron chi connectivity index (χ1n) is 8.81. The van der Waals surface area contributed by atoms with Crippen molar-refractivity contribution < 1.29 is 14.4 Å². The number of nitrogens with one attached hydrogen (secondary N) is 3. The van der Waals surface area contributed by atoms with E-state index in [0.29, 0.717) is 29.0 Å². The van der Waals surface area contributed by atoms with Crippen LogP contribution in [0, 0.1) is 0 Å². The summed E-state index contributed by atoms with van der Waals surface area (Å²) in [4.78, 5) is 35.4. The highest BCUT2D eigenvalue weighted by Crippen LogP contribution is 2.12. The average molecular weight is 368 g/mol. The van der Waals surface area contributed by atoms with Gasteiger partial charge in [-0.3, -0.25) is 14.4 Å². The van der Waals surface area contributed by atoms with E-state index in [4.69, 9.17) is 5.73 Å². The van der Waals surface area contributed by atoms with Gasteiger partial charge < -0.3 is 21.7 Å². The van der Waals surface area contributed by atoms with Crippen LogP contribution in [0.2, 0.25) is 0 Å². The topological polar surface area (TPSA) is 113 Å². The highest BCUT2D eigenvalue weighted by atomic mass is 16.2. The number of carbonyl (C=O) groups excluding carboxylic acids is 3. The third kappa shape index (κ3) is 6.47. The number of anilines is 2. The average Bonchev–Trinajstić information content (AvgIpc) is 2.67. The molecule has 0 aliphatic carbocycles. The largest absolute Gasteiger partial charge is 0.376 e. The van der Waals surface area contributed by atoms with E-state index in [0.717, 1.165) is 12.8 Å². The maximum Gasteiger partial charge on any atom is 0.251 e. The Bertz CT molecular complexity index is 820. The highest BCUT2D eigenvalue weighted by molar-refractivity contribution is 5.98. The van der Waals surface area contributed by atoms with Gasteiger partial charge in [0, 0.05) is 29.0 Å². The predicted molar refractivity (Wildman–Crippen MR) is 106 cm³/mol. The van der Waals surface area contributed by atoms with Crippen LogP contribution < -0.4 is 21.7 Å². The van der Waals surface area contributed by atoms with E-state index in [9.17, 15) is 14.4 Å². The Hall–Kier alpha value is -3.35. The normalized spacial score (nSPS) is 10.1. The summed E-state index contributed by atoms with van der Waals surface area (Å²) in [5, 5.41) is 8.53.